The van der Waals surface area contributed by atoms with E-state index < -0.39 is 0 Å². The first-order chi connectivity index (χ1) is 6.59. The Kier molecular flexibility index (Phi) is 4.39. The van der Waals surface area contributed by atoms with Crippen molar-refractivity contribution in [3.63, 3.8) is 0 Å². The van der Waals surface area contributed by atoms with Crippen LogP contribution in [-0.4, -0.2) is 30.1 Å². The molecule has 1 fully saturated rings. The Labute approximate surface area is 88.8 Å². The molecule has 1 rings (SSSR count). The first-order valence-electron chi connectivity index (χ1n) is 6.11. The first-order valence-corrected chi connectivity index (χ1v) is 6.11. The maximum absolute atomic E-state index is 6.32. The number of likely N-dealkylation sites (tertiary alicyclic amines) is 1. The molecule has 0 aliphatic carbocycles. The SMILES string of the molecule is CCC(N)(CC)CN1CCC(C)CC1. The van der Waals surface area contributed by atoms with Gasteiger partial charge in [-0.2, -0.15) is 0 Å². The Morgan fingerprint density at radius 3 is 2.14 bits per heavy atom. The van der Waals surface area contributed by atoms with Gasteiger partial charge in [-0.1, -0.05) is 20.8 Å². The van der Waals surface area contributed by atoms with Gasteiger partial charge in [0.15, 0.2) is 0 Å². The van der Waals surface area contributed by atoms with Crippen molar-refractivity contribution < 1.29 is 0 Å². The molecule has 1 heterocycles. The van der Waals surface area contributed by atoms with Crippen LogP contribution in [0.25, 0.3) is 0 Å². The second kappa shape index (κ2) is 5.13. The van der Waals surface area contributed by atoms with Gasteiger partial charge in [-0.25, -0.2) is 0 Å². The fourth-order valence-corrected chi connectivity index (χ4v) is 2.14. The summed E-state index contributed by atoms with van der Waals surface area (Å²) in [6.07, 6.45) is 4.89. The molecular weight excluding hydrogens is 172 g/mol. The first kappa shape index (κ1) is 12.0. The number of piperidine rings is 1. The predicted molar refractivity (Wildman–Crippen MR) is 62.3 cm³/mol. The molecule has 1 aliphatic rings. The zero-order valence-electron chi connectivity index (χ0n) is 10.1. The van der Waals surface area contributed by atoms with Crippen molar-refractivity contribution in [2.75, 3.05) is 19.6 Å². The third-order valence-corrected chi connectivity index (χ3v) is 3.82. The Morgan fingerprint density at radius 1 is 1.21 bits per heavy atom. The summed E-state index contributed by atoms with van der Waals surface area (Å²) >= 11 is 0. The molecule has 0 bridgehead atoms. The summed E-state index contributed by atoms with van der Waals surface area (Å²) in [6.45, 7) is 10.4. The topological polar surface area (TPSA) is 29.3 Å². The molecule has 0 amide bonds. The van der Waals surface area contributed by atoms with Crippen LogP contribution >= 0.6 is 0 Å². The fourth-order valence-electron chi connectivity index (χ4n) is 2.14. The highest BCUT2D eigenvalue weighted by Gasteiger charge is 2.25. The Morgan fingerprint density at radius 2 is 1.71 bits per heavy atom. The van der Waals surface area contributed by atoms with Crippen LogP contribution in [0.4, 0.5) is 0 Å². The molecule has 2 heteroatoms. The van der Waals surface area contributed by atoms with Gasteiger partial charge in [-0.15, -0.1) is 0 Å². The summed E-state index contributed by atoms with van der Waals surface area (Å²) in [4.78, 5) is 2.55. The van der Waals surface area contributed by atoms with Gasteiger partial charge in [-0.05, 0) is 44.7 Å². The number of nitrogens with zero attached hydrogens (tertiary/aromatic N) is 1. The summed E-state index contributed by atoms with van der Waals surface area (Å²) in [5, 5.41) is 0. The maximum atomic E-state index is 6.32. The van der Waals surface area contributed by atoms with Crippen LogP contribution in [0.1, 0.15) is 46.5 Å². The van der Waals surface area contributed by atoms with Gasteiger partial charge in [0.05, 0.1) is 0 Å². The number of hydrogen-bond donors (Lipinski definition) is 1. The third-order valence-electron chi connectivity index (χ3n) is 3.82. The van der Waals surface area contributed by atoms with Crippen LogP contribution in [0.2, 0.25) is 0 Å². The molecule has 0 saturated carbocycles. The van der Waals surface area contributed by atoms with Crippen LogP contribution in [0, 0.1) is 5.92 Å². The zero-order valence-corrected chi connectivity index (χ0v) is 10.1. The van der Waals surface area contributed by atoms with Crippen LogP contribution in [0.15, 0.2) is 0 Å². The van der Waals surface area contributed by atoms with Crippen LogP contribution < -0.4 is 5.73 Å². The number of nitrogens with two attached hydrogens (primary N) is 1. The van der Waals surface area contributed by atoms with Gasteiger partial charge >= 0.3 is 0 Å². The van der Waals surface area contributed by atoms with Gasteiger partial charge in [0.2, 0.25) is 0 Å². The minimum atomic E-state index is 0.0561. The summed E-state index contributed by atoms with van der Waals surface area (Å²) in [7, 11) is 0. The van der Waals surface area contributed by atoms with E-state index in [1.165, 1.54) is 25.9 Å². The molecular formula is C12H26N2. The Balaban J connectivity index is 2.36. The average Bonchev–Trinajstić information content (AvgIpc) is 2.21. The van der Waals surface area contributed by atoms with Crippen LogP contribution in [-0.2, 0) is 0 Å². The molecule has 1 saturated heterocycles. The normalized spacial score (nSPS) is 21.4. The van der Waals surface area contributed by atoms with E-state index in [0.29, 0.717) is 0 Å². The minimum Gasteiger partial charge on any atom is -0.324 e. The van der Waals surface area contributed by atoms with Crippen molar-refractivity contribution in [2.24, 2.45) is 11.7 Å². The number of rotatable bonds is 4. The van der Waals surface area contributed by atoms with E-state index in [0.717, 1.165) is 25.3 Å². The monoisotopic (exact) mass is 198 g/mol. The maximum Gasteiger partial charge on any atom is 0.0278 e. The summed E-state index contributed by atoms with van der Waals surface area (Å²) in [6, 6.07) is 0. The second-order valence-electron chi connectivity index (χ2n) is 5.03. The Hall–Kier alpha value is -0.0800. The largest absolute Gasteiger partial charge is 0.324 e. The van der Waals surface area contributed by atoms with Gasteiger partial charge in [0, 0.05) is 12.1 Å². The van der Waals surface area contributed by atoms with Crippen molar-refractivity contribution in [3.05, 3.63) is 0 Å². The van der Waals surface area contributed by atoms with Crippen LogP contribution in [0.5, 0.6) is 0 Å². The van der Waals surface area contributed by atoms with E-state index in [1.54, 1.807) is 0 Å². The predicted octanol–water partition coefficient (Wildman–Crippen LogP) is 2.24. The second-order valence-corrected chi connectivity index (χ2v) is 5.03. The lowest BCUT2D eigenvalue weighted by Gasteiger charge is -2.37. The van der Waals surface area contributed by atoms with E-state index in [1.807, 2.05) is 0 Å². The highest BCUT2D eigenvalue weighted by atomic mass is 15.1. The zero-order chi connectivity index (χ0) is 10.6. The molecule has 0 aromatic rings. The van der Waals surface area contributed by atoms with Crippen molar-refractivity contribution in [3.8, 4) is 0 Å². The van der Waals surface area contributed by atoms with Crippen molar-refractivity contribution in [1.82, 2.24) is 4.90 Å². The molecule has 0 aromatic heterocycles. The smallest absolute Gasteiger partial charge is 0.0278 e. The standard InChI is InChI=1S/C12H26N2/c1-4-12(13,5-2)10-14-8-6-11(3)7-9-14/h11H,4-10,13H2,1-3H3. The summed E-state index contributed by atoms with van der Waals surface area (Å²) in [5.41, 5.74) is 6.38. The van der Waals surface area contributed by atoms with Gasteiger partial charge in [-0.3, -0.25) is 0 Å². The van der Waals surface area contributed by atoms with Gasteiger partial charge < -0.3 is 10.6 Å². The molecule has 0 spiro atoms. The summed E-state index contributed by atoms with van der Waals surface area (Å²) < 4.78 is 0. The van der Waals surface area contributed by atoms with Gasteiger partial charge in [0.25, 0.3) is 0 Å². The third kappa shape index (κ3) is 3.25. The van der Waals surface area contributed by atoms with E-state index >= 15 is 0 Å². The molecule has 2 nitrogen and oxygen atoms in total. The van der Waals surface area contributed by atoms with E-state index in [4.69, 9.17) is 5.73 Å². The minimum absolute atomic E-state index is 0.0561. The van der Waals surface area contributed by atoms with Gasteiger partial charge in [0.1, 0.15) is 0 Å². The van der Waals surface area contributed by atoms with Crippen LogP contribution in [0.3, 0.4) is 0 Å². The Bertz CT molecular complexity index is 156. The lowest BCUT2D eigenvalue weighted by Crippen LogP contribution is -2.51. The quantitative estimate of drug-likeness (QED) is 0.750. The van der Waals surface area contributed by atoms with Crippen molar-refractivity contribution >= 4 is 0 Å². The molecule has 14 heavy (non-hydrogen) atoms. The van der Waals surface area contributed by atoms with E-state index in [2.05, 4.69) is 25.7 Å². The molecule has 1 aliphatic heterocycles. The highest BCUT2D eigenvalue weighted by Crippen LogP contribution is 2.20. The average molecular weight is 198 g/mol. The lowest BCUT2D eigenvalue weighted by molar-refractivity contribution is 0.148. The molecule has 2 N–H and O–H groups in total. The molecule has 0 atom stereocenters. The molecule has 84 valence electrons. The summed E-state index contributed by atoms with van der Waals surface area (Å²) in [5.74, 6) is 0.918. The molecule has 0 aromatic carbocycles. The molecule has 0 unspecified atom stereocenters. The molecule has 0 radical (unpaired) electrons. The highest BCUT2D eigenvalue weighted by molar-refractivity contribution is 4.86. The lowest BCUT2D eigenvalue weighted by atomic mass is 9.91. The van der Waals surface area contributed by atoms with Crippen molar-refractivity contribution in [1.29, 1.82) is 0 Å². The fraction of sp³-hybridized carbons (Fsp3) is 1.00. The number of hydrogen-bond acceptors (Lipinski definition) is 2. The van der Waals surface area contributed by atoms with E-state index in [9.17, 15) is 0 Å². The van der Waals surface area contributed by atoms with Crippen molar-refractivity contribution in [2.45, 2.75) is 52.0 Å². The van der Waals surface area contributed by atoms with E-state index in [-0.39, 0.29) is 5.54 Å².